The first-order valence-corrected chi connectivity index (χ1v) is 9.91. The van der Waals surface area contributed by atoms with Gasteiger partial charge in [-0.15, -0.1) is 0 Å². The van der Waals surface area contributed by atoms with Crippen LogP contribution >= 0.6 is 19.2 Å². The van der Waals surface area contributed by atoms with Crippen molar-refractivity contribution in [1.29, 1.82) is 0 Å². The van der Waals surface area contributed by atoms with E-state index >= 15 is 0 Å². The molecule has 0 saturated heterocycles. The maximum Gasteiger partial charge on any atom is 0.332 e. The molecule has 1 heterocycles. The van der Waals surface area contributed by atoms with Crippen molar-refractivity contribution in [3.8, 4) is 0 Å². The van der Waals surface area contributed by atoms with Gasteiger partial charge in [-0.1, -0.05) is 11.6 Å². The Labute approximate surface area is 157 Å². The molecule has 1 aromatic carbocycles. The third kappa shape index (κ3) is 5.43. The maximum atomic E-state index is 12.2. The molecule has 0 unspecified atom stereocenters. The lowest BCUT2D eigenvalue weighted by molar-refractivity contribution is 0.102. The summed E-state index contributed by atoms with van der Waals surface area (Å²) in [7, 11) is -0.442. The number of carbonyl (C=O) groups excluding carboxylic acids is 1. The summed E-state index contributed by atoms with van der Waals surface area (Å²) in [6.45, 7) is 2.09. The molecule has 1 N–H and O–H groups in total. The smallest absolute Gasteiger partial charge is 0.332 e. The molecule has 0 aliphatic rings. The Morgan fingerprint density at radius 1 is 1.27 bits per heavy atom. The molecule has 0 aliphatic heterocycles. The molecule has 0 aliphatic carbocycles. The molecule has 1 amide bonds. The number of benzene rings is 1. The zero-order valence-corrected chi connectivity index (χ0v) is 16.4. The van der Waals surface area contributed by atoms with Crippen LogP contribution in [0.15, 0.2) is 34.9 Å². The Balaban J connectivity index is 1.96. The van der Waals surface area contributed by atoms with Gasteiger partial charge in [0.15, 0.2) is 0 Å². The number of anilines is 1. The zero-order chi connectivity index (χ0) is 19.2. The Morgan fingerprint density at radius 3 is 2.62 bits per heavy atom. The second-order valence-electron chi connectivity index (χ2n) is 5.40. The van der Waals surface area contributed by atoms with Gasteiger partial charge in [0.1, 0.15) is 5.76 Å². The Kier molecular flexibility index (Phi) is 7.43. The van der Waals surface area contributed by atoms with Crippen molar-refractivity contribution < 1.29 is 27.6 Å². The van der Waals surface area contributed by atoms with E-state index in [9.17, 15) is 9.36 Å². The number of aryl methyl sites for hydroxylation is 1. The van der Waals surface area contributed by atoms with E-state index in [0.29, 0.717) is 27.6 Å². The lowest BCUT2D eigenvalue weighted by atomic mass is 10.2. The van der Waals surface area contributed by atoms with Crippen molar-refractivity contribution in [2.45, 2.75) is 13.5 Å². The molecule has 7 nitrogen and oxygen atoms in total. The first kappa shape index (κ1) is 20.7. The molecular weight excluding hydrogens is 381 g/mol. The summed E-state index contributed by atoms with van der Waals surface area (Å²) in [5, 5.41) is 3.29. The van der Waals surface area contributed by atoms with Crippen molar-refractivity contribution in [1.82, 2.24) is 0 Å². The number of carbonyl (C=O) groups is 1. The van der Waals surface area contributed by atoms with Crippen LogP contribution in [-0.4, -0.2) is 32.9 Å². The minimum absolute atomic E-state index is 0.133. The highest BCUT2D eigenvalue weighted by Gasteiger charge is 2.20. The Bertz CT molecular complexity index is 798. The van der Waals surface area contributed by atoms with Crippen molar-refractivity contribution in [3.63, 3.8) is 0 Å². The van der Waals surface area contributed by atoms with Gasteiger partial charge in [0.05, 0.1) is 31.2 Å². The predicted octanol–water partition coefficient (Wildman–Crippen LogP) is 4.50. The molecule has 142 valence electrons. The van der Waals surface area contributed by atoms with Crippen LogP contribution in [0.1, 0.15) is 21.7 Å². The minimum atomic E-state index is -3.10. The maximum absolute atomic E-state index is 12.2. The summed E-state index contributed by atoms with van der Waals surface area (Å²) < 4.78 is 32.3. The molecule has 2 rings (SSSR count). The number of furan rings is 1. The molecular formula is C17H21ClNO6P. The van der Waals surface area contributed by atoms with Crippen LogP contribution in [-0.2, 0) is 25.0 Å². The third-order valence-corrected chi connectivity index (χ3v) is 5.94. The molecule has 0 saturated carbocycles. The van der Waals surface area contributed by atoms with Crippen LogP contribution < -0.4 is 5.32 Å². The molecule has 0 bridgehead atoms. The van der Waals surface area contributed by atoms with Crippen molar-refractivity contribution in [2.24, 2.45) is 0 Å². The first-order valence-electron chi connectivity index (χ1n) is 7.80. The average molecular weight is 402 g/mol. The fraction of sp³-hybridized carbons (Fsp3) is 0.353. The van der Waals surface area contributed by atoms with Crippen LogP contribution in [0.25, 0.3) is 0 Å². The molecule has 0 spiro atoms. The van der Waals surface area contributed by atoms with E-state index in [1.54, 1.807) is 31.2 Å². The third-order valence-electron chi connectivity index (χ3n) is 3.73. The van der Waals surface area contributed by atoms with Crippen LogP contribution in [0.5, 0.6) is 0 Å². The Morgan fingerprint density at radius 2 is 2.00 bits per heavy atom. The van der Waals surface area contributed by atoms with Crippen molar-refractivity contribution in [3.05, 3.63) is 52.4 Å². The number of ether oxygens (including phenoxy) is 1. The molecule has 9 heteroatoms. The van der Waals surface area contributed by atoms with E-state index in [2.05, 4.69) is 5.32 Å². The number of hydrogen-bond acceptors (Lipinski definition) is 6. The van der Waals surface area contributed by atoms with Crippen LogP contribution in [0, 0.1) is 6.92 Å². The van der Waals surface area contributed by atoms with Gasteiger partial charge < -0.3 is 23.5 Å². The summed E-state index contributed by atoms with van der Waals surface area (Å²) in [6, 6.07) is 6.70. The van der Waals surface area contributed by atoms with Gasteiger partial charge >= 0.3 is 7.60 Å². The summed E-state index contributed by atoms with van der Waals surface area (Å²) in [5.74, 6) is 0.271. The van der Waals surface area contributed by atoms with E-state index in [1.165, 1.54) is 20.5 Å². The number of amides is 1. The highest BCUT2D eigenvalue weighted by atomic mass is 35.5. The molecule has 0 fully saturated rings. The fourth-order valence-corrected chi connectivity index (χ4v) is 3.24. The fourth-order valence-electron chi connectivity index (χ4n) is 2.20. The van der Waals surface area contributed by atoms with E-state index in [-0.39, 0.29) is 25.3 Å². The summed E-state index contributed by atoms with van der Waals surface area (Å²) in [4.78, 5) is 12.2. The molecule has 0 radical (unpaired) electrons. The molecule has 1 aromatic heterocycles. The number of halogens is 1. The Hall–Kier alpha value is -1.63. The van der Waals surface area contributed by atoms with Gasteiger partial charge in [-0.2, -0.15) is 0 Å². The zero-order valence-electron chi connectivity index (χ0n) is 14.8. The van der Waals surface area contributed by atoms with Crippen molar-refractivity contribution in [2.75, 3.05) is 32.3 Å². The van der Waals surface area contributed by atoms with Gasteiger partial charge in [0.25, 0.3) is 5.91 Å². The second-order valence-corrected chi connectivity index (χ2v) is 8.21. The van der Waals surface area contributed by atoms with E-state index in [4.69, 9.17) is 29.8 Å². The van der Waals surface area contributed by atoms with Gasteiger partial charge in [-0.3, -0.25) is 9.36 Å². The van der Waals surface area contributed by atoms with Gasteiger partial charge in [-0.25, -0.2) is 0 Å². The SMILES string of the molecule is COP(=O)(CCOCc1cc(NC(=O)c2ccoc2C)ccc1Cl)OC. The van der Waals surface area contributed by atoms with Crippen LogP contribution in [0.2, 0.25) is 5.02 Å². The predicted molar refractivity (Wildman–Crippen MR) is 99.0 cm³/mol. The molecule has 26 heavy (non-hydrogen) atoms. The summed E-state index contributed by atoms with van der Waals surface area (Å²) >= 11 is 6.17. The minimum Gasteiger partial charge on any atom is -0.469 e. The number of hydrogen-bond donors (Lipinski definition) is 1. The molecule has 2 aromatic rings. The van der Waals surface area contributed by atoms with E-state index in [0.717, 1.165) is 0 Å². The standard InChI is InChI=1S/C17H21ClNO6P/c1-12-15(6-7-25-12)17(20)19-14-4-5-16(18)13(10-14)11-24-8-9-26(21,22-2)23-3/h4-7,10H,8-9,11H2,1-3H3,(H,19,20). The second kappa shape index (κ2) is 9.35. The highest BCUT2D eigenvalue weighted by Crippen LogP contribution is 2.45. The lowest BCUT2D eigenvalue weighted by Crippen LogP contribution is -2.12. The van der Waals surface area contributed by atoms with E-state index in [1.807, 2.05) is 0 Å². The quantitative estimate of drug-likeness (QED) is 0.492. The molecule has 0 atom stereocenters. The monoisotopic (exact) mass is 401 g/mol. The largest absolute Gasteiger partial charge is 0.469 e. The number of rotatable bonds is 9. The number of nitrogens with one attached hydrogen (secondary N) is 1. The van der Waals surface area contributed by atoms with Gasteiger partial charge in [0, 0.05) is 24.9 Å². The van der Waals surface area contributed by atoms with E-state index < -0.39 is 7.60 Å². The van der Waals surface area contributed by atoms with Crippen LogP contribution in [0.3, 0.4) is 0 Å². The van der Waals surface area contributed by atoms with Crippen LogP contribution in [0.4, 0.5) is 5.69 Å². The normalized spacial score (nSPS) is 11.5. The topological polar surface area (TPSA) is 87.0 Å². The first-order chi connectivity index (χ1) is 12.4. The average Bonchev–Trinajstić information content (AvgIpc) is 3.07. The summed E-state index contributed by atoms with van der Waals surface area (Å²) in [6.07, 6.45) is 1.60. The highest BCUT2D eigenvalue weighted by molar-refractivity contribution is 7.53. The summed E-state index contributed by atoms with van der Waals surface area (Å²) in [5.41, 5.74) is 1.74. The van der Waals surface area contributed by atoms with Gasteiger partial charge in [-0.05, 0) is 36.8 Å². The van der Waals surface area contributed by atoms with Gasteiger partial charge in [0.2, 0.25) is 0 Å². The van der Waals surface area contributed by atoms with Crippen molar-refractivity contribution >= 4 is 30.8 Å². The lowest BCUT2D eigenvalue weighted by Gasteiger charge is -2.14.